The van der Waals surface area contributed by atoms with E-state index in [0.717, 1.165) is 25.9 Å². The van der Waals surface area contributed by atoms with Gasteiger partial charge in [0.15, 0.2) is 5.65 Å². The molecule has 10 nitrogen and oxygen atoms in total. The average Bonchev–Trinajstić information content (AvgIpc) is 3.43. The monoisotopic (exact) mass is 441 g/mol. The lowest BCUT2D eigenvalue weighted by Crippen LogP contribution is -2.38. The van der Waals surface area contributed by atoms with Crippen LogP contribution in [0, 0.1) is 0 Å². The Bertz CT molecular complexity index is 1130. The second-order valence-corrected chi connectivity index (χ2v) is 7.69. The van der Waals surface area contributed by atoms with Crippen LogP contribution in [0.2, 0.25) is 0 Å². The molecule has 3 N–H and O–H groups in total. The van der Waals surface area contributed by atoms with Gasteiger partial charge in [-0.3, -0.25) is 4.79 Å². The van der Waals surface area contributed by atoms with Crippen LogP contribution in [-0.2, 0) is 4.74 Å². The van der Waals surface area contributed by atoms with Crippen LogP contribution in [-0.4, -0.2) is 80.6 Å². The maximum Gasteiger partial charge on any atom is 0.256 e. The molecule has 1 unspecified atom stereocenters. The number of nitrogens with one attached hydrogen (secondary N) is 3. The zero-order valence-electron chi connectivity index (χ0n) is 18.2. The first-order chi connectivity index (χ1) is 15.8. The third kappa shape index (κ3) is 5.59. The summed E-state index contributed by atoms with van der Waals surface area (Å²) in [6, 6.07) is 5.12. The maximum absolute atomic E-state index is 12.8. The number of amides is 1. The Hall–Kier alpha value is -3.21. The molecule has 0 saturated carbocycles. The van der Waals surface area contributed by atoms with Crippen LogP contribution in [0.1, 0.15) is 29.6 Å². The Morgan fingerprint density at radius 1 is 1.39 bits per heavy atom. The van der Waals surface area contributed by atoms with Crippen LogP contribution >= 0.6 is 0 Å². The summed E-state index contributed by atoms with van der Waals surface area (Å²) in [6.07, 6.45) is 6.04. The zero-order chi connectivity index (χ0) is 23.4. The van der Waals surface area contributed by atoms with Crippen molar-refractivity contribution < 1.29 is 14.3 Å². The van der Waals surface area contributed by atoms with Gasteiger partial charge in [0.25, 0.3) is 5.91 Å². The van der Waals surface area contributed by atoms with Gasteiger partial charge in [0.05, 0.1) is 12.3 Å². The molecule has 6 radical (unpaired) electrons. The first kappa shape index (κ1) is 23.0. The van der Waals surface area contributed by atoms with E-state index in [2.05, 4.69) is 31.0 Å². The predicted octanol–water partition coefficient (Wildman–Crippen LogP) is 0.704. The SMILES string of the molecule is [B]C([B])([B])Oc1ncccc1Nc1cc(NC)n2ncc(C(=O)NCCC3CCCO3)c2n1. The molecule has 1 saturated heterocycles. The summed E-state index contributed by atoms with van der Waals surface area (Å²) in [5.41, 5.74) is 1.15. The normalized spacial score (nSPS) is 16.0. The number of carbonyl (C=O) groups is 1. The van der Waals surface area contributed by atoms with Gasteiger partial charge in [0, 0.05) is 32.5 Å². The molecule has 1 atom stereocenters. The lowest BCUT2D eigenvalue weighted by Gasteiger charge is -2.24. The van der Waals surface area contributed by atoms with Crippen LogP contribution < -0.4 is 20.7 Å². The first-order valence-electron chi connectivity index (χ1n) is 10.6. The maximum atomic E-state index is 12.8. The number of ether oxygens (including phenoxy) is 2. The molecule has 0 aromatic carbocycles. The van der Waals surface area contributed by atoms with Gasteiger partial charge in [0.1, 0.15) is 46.4 Å². The van der Waals surface area contributed by atoms with Crippen molar-refractivity contribution in [3.8, 4) is 5.88 Å². The quantitative estimate of drug-likeness (QED) is 0.417. The Kier molecular flexibility index (Phi) is 6.78. The molecule has 0 bridgehead atoms. The Balaban J connectivity index is 1.57. The number of aromatic nitrogens is 4. The summed E-state index contributed by atoms with van der Waals surface area (Å²) in [5.74, 6) is 0.853. The molecule has 3 aromatic heterocycles. The smallest absolute Gasteiger partial charge is 0.256 e. The van der Waals surface area contributed by atoms with E-state index in [0.29, 0.717) is 35.1 Å². The highest BCUT2D eigenvalue weighted by Crippen LogP contribution is 2.28. The molecule has 1 aliphatic heterocycles. The molecule has 164 valence electrons. The van der Waals surface area contributed by atoms with Crippen LogP contribution in [0.25, 0.3) is 5.65 Å². The minimum Gasteiger partial charge on any atom is -0.499 e. The van der Waals surface area contributed by atoms with Gasteiger partial charge in [-0.25, -0.2) is 9.97 Å². The van der Waals surface area contributed by atoms with Crippen molar-refractivity contribution >= 4 is 52.4 Å². The number of hydrogen-bond acceptors (Lipinski definition) is 8. The summed E-state index contributed by atoms with van der Waals surface area (Å²) < 4.78 is 12.5. The van der Waals surface area contributed by atoms with Gasteiger partial charge in [-0.2, -0.15) is 9.61 Å². The van der Waals surface area contributed by atoms with E-state index in [9.17, 15) is 4.79 Å². The van der Waals surface area contributed by atoms with Crippen molar-refractivity contribution in [3.63, 3.8) is 0 Å². The molecular weight excluding hydrogens is 419 g/mol. The minimum atomic E-state index is -1.90. The van der Waals surface area contributed by atoms with Crippen molar-refractivity contribution in [3.05, 3.63) is 36.2 Å². The van der Waals surface area contributed by atoms with Gasteiger partial charge in [0.2, 0.25) is 5.88 Å². The third-order valence-corrected chi connectivity index (χ3v) is 5.06. The molecular formula is C20H22B3N7O3. The largest absolute Gasteiger partial charge is 0.499 e. The number of pyridine rings is 1. The Morgan fingerprint density at radius 3 is 2.97 bits per heavy atom. The lowest BCUT2D eigenvalue weighted by molar-refractivity contribution is 0.0908. The van der Waals surface area contributed by atoms with Crippen LogP contribution in [0.4, 0.5) is 17.3 Å². The van der Waals surface area contributed by atoms with E-state index < -0.39 is 5.30 Å². The van der Waals surface area contributed by atoms with Crippen LogP contribution in [0.15, 0.2) is 30.6 Å². The van der Waals surface area contributed by atoms with E-state index in [1.165, 1.54) is 12.4 Å². The molecule has 1 aliphatic rings. The molecule has 1 amide bonds. The molecule has 4 heterocycles. The Labute approximate surface area is 195 Å². The van der Waals surface area contributed by atoms with Gasteiger partial charge in [-0.05, 0) is 36.7 Å². The predicted molar refractivity (Wildman–Crippen MR) is 127 cm³/mol. The van der Waals surface area contributed by atoms with Gasteiger partial charge >= 0.3 is 0 Å². The lowest BCUT2D eigenvalue weighted by atomic mass is 9.52. The van der Waals surface area contributed by atoms with Crippen molar-refractivity contribution in [2.45, 2.75) is 30.7 Å². The van der Waals surface area contributed by atoms with E-state index >= 15 is 0 Å². The number of carbonyl (C=O) groups excluding carboxylic acids is 1. The van der Waals surface area contributed by atoms with E-state index in [4.69, 9.17) is 33.0 Å². The number of nitrogens with zero attached hydrogens (tertiary/aromatic N) is 4. The van der Waals surface area contributed by atoms with Gasteiger partial charge in [-0.15, -0.1) is 0 Å². The second-order valence-electron chi connectivity index (χ2n) is 7.69. The first-order valence-corrected chi connectivity index (χ1v) is 10.6. The number of rotatable bonds is 9. The second kappa shape index (κ2) is 9.74. The third-order valence-electron chi connectivity index (χ3n) is 5.06. The molecule has 1 fully saturated rings. The van der Waals surface area contributed by atoms with Crippen molar-refractivity contribution in [2.24, 2.45) is 0 Å². The van der Waals surface area contributed by atoms with Crippen molar-refractivity contribution in [2.75, 3.05) is 30.8 Å². The summed E-state index contributed by atoms with van der Waals surface area (Å²) in [6.45, 7) is 1.29. The standard InChI is InChI=1S/C20H22B3N7O3/c1-24-16-10-15(28-14-5-2-7-26-19(14)33-20(21,22)23)29-17-13(11-27-30(16)17)18(31)25-8-6-12-4-3-9-32-12/h2,5,7,10-12,24H,3-4,6,8-9H2,1H3,(H,25,31)(H,28,29). The van der Waals surface area contributed by atoms with Crippen molar-refractivity contribution in [1.29, 1.82) is 0 Å². The fourth-order valence-corrected chi connectivity index (χ4v) is 3.55. The van der Waals surface area contributed by atoms with Gasteiger partial charge in [-0.1, -0.05) is 0 Å². The molecule has 13 heteroatoms. The molecule has 4 rings (SSSR count). The molecule has 0 spiro atoms. The highest BCUT2D eigenvalue weighted by molar-refractivity contribution is 6.58. The van der Waals surface area contributed by atoms with E-state index in [1.54, 1.807) is 29.8 Å². The van der Waals surface area contributed by atoms with E-state index in [1.807, 2.05) is 0 Å². The highest BCUT2D eigenvalue weighted by atomic mass is 16.5. The summed E-state index contributed by atoms with van der Waals surface area (Å²) in [7, 11) is 18.4. The topological polar surface area (TPSA) is 115 Å². The number of anilines is 3. The molecule has 0 aliphatic carbocycles. The summed E-state index contributed by atoms with van der Waals surface area (Å²) in [4.78, 5) is 21.5. The molecule has 3 aromatic rings. The fraction of sp³-hybridized carbons (Fsp3) is 0.400. The summed E-state index contributed by atoms with van der Waals surface area (Å²) >= 11 is 0. The Morgan fingerprint density at radius 2 is 2.24 bits per heavy atom. The van der Waals surface area contributed by atoms with Gasteiger partial charge < -0.3 is 25.4 Å². The van der Waals surface area contributed by atoms with Crippen LogP contribution in [0.5, 0.6) is 5.88 Å². The minimum absolute atomic E-state index is 0.0956. The van der Waals surface area contributed by atoms with E-state index in [-0.39, 0.29) is 17.9 Å². The fourth-order valence-electron chi connectivity index (χ4n) is 3.55. The number of hydrogen-bond donors (Lipinski definition) is 3. The highest BCUT2D eigenvalue weighted by Gasteiger charge is 2.20. The molecule has 33 heavy (non-hydrogen) atoms. The van der Waals surface area contributed by atoms with Crippen LogP contribution in [0.3, 0.4) is 0 Å². The average molecular weight is 441 g/mol. The van der Waals surface area contributed by atoms with Crippen molar-refractivity contribution in [1.82, 2.24) is 24.9 Å². The summed E-state index contributed by atoms with van der Waals surface area (Å²) in [5, 5.41) is 11.5. The number of fused-ring (bicyclic) bond motifs is 1. The zero-order valence-corrected chi connectivity index (χ0v) is 18.2.